The number of aromatic amines is 1. The molecule has 0 fully saturated rings. The molecule has 0 bridgehead atoms. The predicted molar refractivity (Wildman–Crippen MR) is 78.6 cm³/mol. The Labute approximate surface area is 118 Å². The second-order valence-electron chi connectivity index (χ2n) is 4.61. The Hall–Kier alpha value is -1.53. The van der Waals surface area contributed by atoms with Crippen LogP contribution in [0.3, 0.4) is 0 Å². The first-order valence-electron chi connectivity index (χ1n) is 5.92. The summed E-state index contributed by atoms with van der Waals surface area (Å²) in [5.41, 5.74) is 0. The Balaban J connectivity index is 2.22. The van der Waals surface area contributed by atoms with Gasteiger partial charge in [-0.3, -0.25) is 9.67 Å². The zero-order chi connectivity index (χ0) is 13.6. The van der Waals surface area contributed by atoms with E-state index in [1.807, 2.05) is 10.6 Å². The minimum Gasteiger partial charge on any atom is -0.297 e. The van der Waals surface area contributed by atoms with E-state index in [0.717, 1.165) is 20.8 Å². The summed E-state index contributed by atoms with van der Waals surface area (Å²) in [5, 5.41) is 8.13. The van der Waals surface area contributed by atoms with Crippen LogP contribution in [0.4, 0.5) is 4.39 Å². The molecule has 1 aromatic carbocycles. The lowest BCUT2D eigenvalue weighted by Crippen LogP contribution is -2.02. The molecule has 0 saturated heterocycles. The van der Waals surface area contributed by atoms with Crippen molar-refractivity contribution in [3.05, 3.63) is 34.9 Å². The molecule has 0 saturated carbocycles. The van der Waals surface area contributed by atoms with Gasteiger partial charge in [0, 0.05) is 10.7 Å². The van der Waals surface area contributed by atoms with E-state index < -0.39 is 0 Å². The third-order valence-corrected chi connectivity index (χ3v) is 4.31. The molecular formula is C13H12FN3S2. The standard InChI is InChI=1S/C13H12FN3S2/c1-7(2)17-12(15-16-13(17)18)11-5-8-3-4-9(14)6-10(8)19-11/h3-7H,1-2H3,(H,16,18). The molecule has 1 N–H and O–H groups in total. The SMILES string of the molecule is CC(C)n1c(-c2cc3ccc(F)cc3s2)n[nH]c1=S. The van der Waals surface area contributed by atoms with Gasteiger partial charge in [0.2, 0.25) is 0 Å². The molecule has 0 spiro atoms. The summed E-state index contributed by atoms with van der Waals surface area (Å²) in [6.45, 7) is 4.11. The molecule has 0 aliphatic rings. The van der Waals surface area contributed by atoms with E-state index in [4.69, 9.17) is 12.2 Å². The maximum absolute atomic E-state index is 13.2. The first-order valence-corrected chi connectivity index (χ1v) is 7.15. The van der Waals surface area contributed by atoms with Gasteiger partial charge in [0.15, 0.2) is 10.6 Å². The molecule has 6 heteroatoms. The number of fused-ring (bicyclic) bond motifs is 1. The summed E-state index contributed by atoms with van der Waals surface area (Å²) < 4.78 is 16.7. The fraction of sp³-hybridized carbons (Fsp3) is 0.231. The van der Waals surface area contributed by atoms with Crippen LogP contribution in [0.2, 0.25) is 0 Å². The zero-order valence-electron chi connectivity index (χ0n) is 10.5. The summed E-state index contributed by atoms with van der Waals surface area (Å²) >= 11 is 6.76. The molecular weight excluding hydrogens is 281 g/mol. The summed E-state index contributed by atoms with van der Waals surface area (Å²) in [7, 11) is 0. The predicted octanol–water partition coefficient (Wildman–Crippen LogP) is 4.54. The van der Waals surface area contributed by atoms with Crippen LogP contribution < -0.4 is 0 Å². The molecule has 3 nitrogen and oxygen atoms in total. The Morgan fingerprint density at radius 1 is 1.37 bits per heavy atom. The van der Waals surface area contributed by atoms with Crippen LogP contribution >= 0.6 is 23.6 Å². The highest BCUT2D eigenvalue weighted by atomic mass is 32.1. The molecule has 19 heavy (non-hydrogen) atoms. The Morgan fingerprint density at radius 2 is 2.16 bits per heavy atom. The average Bonchev–Trinajstić information content (AvgIpc) is 2.91. The third-order valence-electron chi connectivity index (χ3n) is 2.92. The van der Waals surface area contributed by atoms with Crippen LogP contribution in [0.25, 0.3) is 20.8 Å². The summed E-state index contributed by atoms with van der Waals surface area (Å²) in [4.78, 5) is 0.988. The second-order valence-corrected chi connectivity index (χ2v) is 6.08. The first kappa shape index (κ1) is 12.5. The van der Waals surface area contributed by atoms with E-state index in [1.54, 1.807) is 12.1 Å². The number of nitrogens with zero attached hydrogens (tertiary/aromatic N) is 2. The Kier molecular flexibility index (Phi) is 2.99. The summed E-state index contributed by atoms with van der Waals surface area (Å²) in [6, 6.07) is 7.04. The second kappa shape index (κ2) is 4.54. The van der Waals surface area contributed by atoms with Gasteiger partial charge in [0.05, 0.1) is 4.88 Å². The highest BCUT2D eigenvalue weighted by molar-refractivity contribution is 7.71. The van der Waals surface area contributed by atoms with Crippen LogP contribution in [0.1, 0.15) is 19.9 Å². The van der Waals surface area contributed by atoms with Crippen molar-refractivity contribution >= 4 is 33.6 Å². The number of hydrogen-bond donors (Lipinski definition) is 1. The van der Waals surface area contributed by atoms with Crippen molar-refractivity contribution < 1.29 is 4.39 Å². The van der Waals surface area contributed by atoms with Gasteiger partial charge in [0.25, 0.3) is 0 Å². The van der Waals surface area contributed by atoms with E-state index in [2.05, 4.69) is 24.0 Å². The molecule has 0 aliphatic heterocycles. The maximum atomic E-state index is 13.2. The van der Waals surface area contributed by atoms with Crippen LogP contribution in [0.5, 0.6) is 0 Å². The number of hydrogen-bond acceptors (Lipinski definition) is 3. The fourth-order valence-corrected chi connectivity index (χ4v) is 3.49. The van der Waals surface area contributed by atoms with Gasteiger partial charge in [-0.2, -0.15) is 5.10 Å². The Morgan fingerprint density at radius 3 is 2.89 bits per heavy atom. The van der Waals surface area contributed by atoms with Gasteiger partial charge in [-0.25, -0.2) is 4.39 Å². The quantitative estimate of drug-likeness (QED) is 0.704. The topological polar surface area (TPSA) is 33.6 Å². The monoisotopic (exact) mass is 293 g/mol. The van der Waals surface area contributed by atoms with E-state index >= 15 is 0 Å². The minimum absolute atomic E-state index is 0.219. The van der Waals surface area contributed by atoms with Crippen LogP contribution in [-0.4, -0.2) is 14.8 Å². The van der Waals surface area contributed by atoms with E-state index in [0.29, 0.717) is 4.77 Å². The highest BCUT2D eigenvalue weighted by Crippen LogP contribution is 2.33. The van der Waals surface area contributed by atoms with Crippen molar-refractivity contribution in [3.8, 4) is 10.7 Å². The summed E-state index contributed by atoms with van der Waals surface area (Å²) in [5.74, 6) is 0.588. The van der Waals surface area contributed by atoms with Gasteiger partial charge < -0.3 is 0 Å². The number of aromatic nitrogens is 3. The van der Waals surface area contributed by atoms with Crippen LogP contribution in [0, 0.1) is 10.6 Å². The van der Waals surface area contributed by atoms with E-state index in [1.165, 1.54) is 17.4 Å². The molecule has 2 heterocycles. The number of benzene rings is 1. The summed E-state index contributed by atoms with van der Waals surface area (Å²) in [6.07, 6.45) is 0. The van der Waals surface area contributed by atoms with Gasteiger partial charge in [0.1, 0.15) is 5.82 Å². The number of rotatable bonds is 2. The zero-order valence-corrected chi connectivity index (χ0v) is 12.1. The lowest BCUT2D eigenvalue weighted by molar-refractivity contribution is 0.597. The lowest BCUT2D eigenvalue weighted by Gasteiger charge is -2.08. The first-order chi connectivity index (χ1) is 9.06. The van der Waals surface area contributed by atoms with E-state index in [-0.39, 0.29) is 11.9 Å². The van der Waals surface area contributed by atoms with Crippen molar-refractivity contribution in [2.75, 3.05) is 0 Å². The number of halogens is 1. The van der Waals surface area contributed by atoms with Crippen molar-refractivity contribution in [2.45, 2.75) is 19.9 Å². The van der Waals surface area contributed by atoms with Crippen LogP contribution in [0.15, 0.2) is 24.3 Å². The fourth-order valence-electron chi connectivity index (χ4n) is 2.07. The largest absolute Gasteiger partial charge is 0.297 e. The lowest BCUT2D eigenvalue weighted by atomic mass is 10.2. The molecule has 2 aromatic heterocycles. The normalized spacial score (nSPS) is 11.6. The molecule has 0 radical (unpaired) electrons. The number of thiophene rings is 1. The smallest absolute Gasteiger partial charge is 0.195 e. The van der Waals surface area contributed by atoms with Crippen LogP contribution in [-0.2, 0) is 0 Å². The van der Waals surface area contributed by atoms with Crippen molar-refractivity contribution in [2.24, 2.45) is 0 Å². The Bertz CT molecular complexity index is 798. The molecule has 0 amide bonds. The molecule has 98 valence electrons. The van der Waals surface area contributed by atoms with Crippen molar-refractivity contribution in [1.82, 2.24) is 14.8 Å². The van der Waals surface area contributed by atoms with Gasteiger partial charge >= 0.3 is 0 Å². The molecule has 3 aromatic rings. The van der Waals surface area contributed by atoms with Gasteiger partial charge in [-0.1, -0.05) is 6.07 Å². The van der Waals surface area contributed by atoms with Gasteiger partial charge in [-0.15, -0.1) is 11.3 Å². The highest BCUT2D eigenvalue weighted by Gasteiger charge is 2.14. The van der Waals surface area contributed by atoms with Gasteiger partial charge in [-0.05, 0) is 49.7 Å². The molecule has 3 rings (SSSR count). The molecule has 0 aliphatic carbocycles. The number of nitrogens with one attached hydrogen (secondary N) is 1. The molecule has 0 unspecified atom stereocenters. The molecule has 0 atom stereocenters. The average molecular weight is 293 g/mol. The van der Waals surface area contributed by atoms with E-state index in [9.17, 15) is 4.39 Å². The van der Waals surface area contributed by atoms with Crippen molar-refractivity contribution in [3.63, 3.8) is 0 Å². The maximum Gasteiger partial charge on any atom is 0.195 e. The third kappa shape index (κ3) is 2.11. The number of H-pyrrole nitrogens is 1. The van der Waals surface area contributed by atoms with Crippen molar-refractivity contribution in [1.29, 1.82) is 0 Å². The minimum atomic E-state index is -0.219.